The Balaban J connectivity index is 2.58. The third-order valence-electron chi connectivity index (χ3n) is 4.58. The van der Waals surface area contributed by atoms with Crippen molar-refractivity contribution in [3.8, 4) is 0 Å². The van der Waals surface area contributed by atoms with Gasteiger partial charge in [0.25, 0.3) is 0 Å². The molecular weight excluding hydrogens is 252 g/mol. The number of aliphatic hydroxyl groups excluding tert-OH is 1. The molecule has 0 bridgehead atoms. The molecule has 0 aromatic rings. The summed E-state index contributed by atoms with van der Waals surface area (Å²) in [5.41, 5.74) is -0.209. The summed E-state index contributed by atoms with van der Waals surface area (Å²) in [6.07, 6.45) is 2.48. The quantitative estimate of drug-likeness (QED) is 0.750. The van der Waals surface area contributed by atoms with Crippen LogP contribution in [0.15, 0.2) is 0 Å². The van der Waals surface area contributed by atoms with Gasteiger partial charge in [-0.2, -0.15) is 0 Å². The molecule has 4 heteroatoms. The van der Waals surface area contributed by atoms with Crippen molar-refractivity contribution in [2.75, 3.05) is 26.8 Å². The maximum atomic E-state index is 9.72. The van der Waals surface area contributed by atoms with E-state index in [-0.39, 0.29) is 12.1 Å². The van der Waals surface area contributed by atoms with Gasteiger partial charge in [0.15, 0.2) is 0 Å². The van der Waals surface area contributed by atoms with Crippen LogP contribution in [0.2, 0.25) is 0 Å². The third-order valence-corrected chi connectivity index (χ3v) is 4.58. The van der Waals surface area contributed by atoms with E-state index >= 15 is 0 Å². The van der Waals surface area contributed by atoms with E-state index in [0.717, 1.165) is 19.5 Å². The predicted molar refractivity (Wildman–Crippen MR) is 84.0 cm³/mol. The summed E-state index contributed by atoms with van der Waals surface area (Å²) >= 11 is 0. The molecule has 1 aliphatic heterocycles. The van der Waals surface area contributed by atoms with E-state index < -0.39 is 0 Å². The Kier molecular flexibility index (Phi) is 6.92. The van der Waals surface area contributed by atoms with Crippen LogP contribution >= 0.6 is 0 Å². The van der Waals surface area contributed by atoms with E-state index in [4.69, 9.17) is 4.74 Å². The maximum absolute atomic E-state index is 9.72. The van der Waals surface area contributed by atoms with Gasteiger partial charge in [0.2, 0.25) is 0 Å². The SMILES string of the molecule is COC1CN(C(C)CC(C)(CO)NC(C)C)CCC1C. The van der Waals surface area contributed by atoms with Gasteiger partial charge in [-0.1, -0.05) is 20.8 Å². The number of methoxy groups -OCH3 is 1. The van der Waals surface area contributed by atoms with Crippen LogP contribution < -0.4 is 5.32 Å². The molecule has 0 amide bonds. The second-order valence-corrected chi connectivity index (χ2v) is 7.11. The number of hydrogen-bond acceptors (Lipinski definition) is 4. The Morgan fingerprint density at radius 2 is 2.05 bits per heavy atom. The van der Waals surface area contributed by atoms with Gasteiger partial charge in [0.05, 0.1) is 12.7 Å². The number of nitrogens with one attached hydrogen (secondary N) is 1. The maximum Gasteiger partial charge on any atom is 0.0724 e. The van der Waals surface area contributed by atoms with Crippen molar-refractivity contribution < 1.29 is 9.84 Å². The number of piperidine rings is 1. The van der Waals surface area contributed by atoms with E-state index in [1.54, 1.807) is 0 Å². The van der Waals surface area contributed by atoms with Gasteiger partial charge in [-0.3, -0.25) is 4.90 Å². The van der Waals surface area contributed by atoms with Crippen LogP contribution in [-0.4, -0.2) is 60.5 Å². The summed E-state index contributed by atoms with van der Waals surface area (Å²) in [6.45, 7) is 13.2. The van der Waals surface area contributed by atoms with Gasteiger partial charge >= 0.3 is 0 Å². The minimum absolute atomic E-state index is 0.174. The third kappa shape index (κ3) is 4.99. The lowest BCUT2D eigenvalue weighted by Crippen LogP contribution is -2.55. The second-order valence-electron chi connectivity index (χ2n) is 7.11. The van der Waals surface area contributed by atoms with Crippen molar-refractivity contribution in [2.24, 2.45) is 5.92 Å². The molecule has 0 aliphatic carbocycles. The van der Waals surface area contributed by atoms with E-state index in [2.05, 4.69) is 44.8 Å². The molecule has 1 aliphatic rings. The van der Waals surface area contributed by atoms with Crippen molar-refractivity contribution in [3.63, 3.8) is 0 Å². The van der Waals surface area contributed by atoms with Crippen LogP contribution in [0.25, 0.3) is 0 Å². The summed E-state index contributed by atoms with van der Waals surface area (Å²) in [4.78, 5) is 2.50. The number of hydrogen-bond donors (Lipinski definition) is 2. The Bertz CT molecular complexity index is 286. The molecule has 4 unspecified atom stereocenters. The highest BCUT2D eigenvalue weighted by Crippen LogP contribution is 2.24. The predicted octanol–water partition coefficient (Wildman–Crippen LogP) is 1.87. The van der Waals surface area contributed by atoms with Crippen LogP contribution in [0, 0.1) is 5.92 Å². The fourth-order valence-corrected chi connectivity index (χ4v) is 3.41. The topological polar surface area (TPSA) is 44.7 Å². The molecule has 120 valence electrons. The lowest BCUT2D eigenvalue weighted by Gasteiger charge is -2.42. The lowest BCUT2D eigenvalue weighted by atomic mass is 9.89. The van der Waals surface area contributed by atoms with Gasteiger partial charge in [0.1, 0.15) is 0 Å². The van der Waals surface area contributed by atoms with Crippen molar-refractivity contribution in [3.05, 3.63) is 0 Å². The molecule has 0 aromatic carbocycles. The monoisotopic (exact) mass is 286 g/mol. The molecular formula is C16H34N2O2. The van der Waals surface area contributed by atoms with E-state index in [1.807, 2.05) is 7.11 Å². The molecule has 1 heterocycles. The zero-order valence-corrected chi connectivity index (χ0v) is 14.1. The first-order valence-electron chi connectivity index (χ1n) is 7.96. The lowest BCUT2D eigenvalue weighted by molar-refractivity contribution is -0.0229. The minimum atomic E-state index is -0.209. The Morgan fingerprint density at radius 3 is 2.55 bits per heavy atom. The zero-order chi connectivity index (χ0) is 15.3. The number of likely N-dealkylation sites (tertiary alicyclic amines) is 1. The molecule has 2 N–H and O–H groups in total. The standard InChI is InChI=1S/C16H34N2O2/c1-12(2)17-16(5,11-19)9-14(4)18-8-7-13(3)15(10-18)20-6/h12-15,17,19H,7-11H2,1-6H3. The van der Waals surface area contributed by atoms with Crippen LogP contribution in [0.1, 0.15) is 47.5 Å². The molecule has 0 radical (unpaired) electrons. The first-order valence-corrected chi connectivity index (χ1v) is 7.96. The minimum Gasteiger partial charge on any atom is -0.394 e. The van der Waals surface area contributed by atoms with E-state index in [0.29, 0.717) is 24.1 Å². The Hall–Kier alpha value is -0.160. The van der Waals surface area contributed by atoms with Crippen LogP contribution in [0.4, 0.5) is 0 Å². The smallest absolute Gasteiger partial charge is 0.0724 e. The normalized spacial score (nSPS) is 29.4. The first kappa shape index (κ1) is 17.9. The van der Waals surface area contributed by atoms with E-state index in [9.17, 15) is 5.11 Å². The van der Waals surface area contributed by atoms with Crippen LogP contribution in [-0.2, 0) is 4.74 Å². The average Bonchev–Trinajstić information content (AvgIpc) is 2.38. The highest BCUT2D eigenvalue weighted by atomic mass is 16.5. The number of ether oxygens (including phenoxy) is 1. The molecule has 1 rings (SSSR count). The largest absolute Gasteiger partial charge is 0.394 e. The molecule has 4 nitrogen and oxygen atoms in total. The molecule has 20 heavy (non-hydrogen) atoms. The van der Waals surface area contributed by atoms with Crippen molar-refractivity contribution >= 4 is 0 Å². The van der Waals surface area contributed by atoms with Gasteiger partial charge in [-0.15, -0.1) is 0 Å². The van der Waals surface area contributed by atoms with Crippen LogP contribution in [0.3, 0.4) is 0 Å². The highest BCUT2D eigenvalue weighted by Gasteiger charge is 2.33. The second kappa shape index (κ2) is 7.74. The number of nitrogens with zero attached hydrogens (tertiary/aromatic N) is 1. The number of aliphatic hydroxyl groups is 1. The summed E-state index contributed by atoms with van der Waals surface area (Å²) < 4.78 is 5.60. The Labute approximate surface area is 124 Å². The van der Waals surface area contributed by atoms with Crippen molar-refractivity contribution in [2.45, 2.75) is 71.2 Å². The molecule has 4 atom stereocenters. The molecule has 1 saturated heterocycles. The van der Waals surface area contributed by atoms with Gasteiger partial charge < -0.3 is 15.2 Å². The fourth-order valence-electron chi connectivity index (χ4n) is 3.41. The van der Waals surface area contributed by atoms with Crippen molar-refractivity contribution in [1.82, 2.24) is 10.2 Å². The summed E-state index contributed by atoms with van der Waals surface area (Å²) in [5, 5.41) is 13.2. The fraction of sp³-hybridized carbons (Fsp3) is 1.00. The zero-order valence-electron chi connectivity index (χ0n) is 14.1. The van der Waals surface area contributed by atoms with Gasteiger partial charge in [0, 0.05) is 31.3 Å². The highest BCUT2D eigenvalue weighted by molar-refractivity contribution is 4.90. The molecule has 0 saturated carbocycles. The average molecular weight is 286 g/mol. The van der Waals surface area contributed by atoms with Crippen LogP contribution in [0.5, 0.6) is 0 Å². The Morgan fingerprint density at radius 1 is 1.40 bits per heavy atom. The van der Waals surface area contributed by atoms with Gasteiger partial charge in [-0.05, 0) is 39.2 Å². The van der Waals surface area contributed by atoms with Crippen molar-refractivity contribution in [1.29, 1.82) is 0 Å². The summed E-state index contributed by atoms with van der Waals surface area (Å²) in [5.74, 6) is 0.640. The van der Waals surface area contributed by atoms with E-state index in [1.165, 1.54) is 6.42 Å². The summed E-state index contributed by atoms with van der Waals surface area (Å²) in [7, 11) is 1.81. The van der Waals surface area contributed by atoms with Gasteiger partial charge in [-0.25, -0.2) is 0 Å². The number of rotatable bonds is 7. The molecule has 1 fully saturated rings. The first-order chi connectivity index (χ1) is 9.31. The summed E-state index contributed by atoms with van der Waals surface area (Å²) in [6, 6.07) is 0.830. The molecule has 0 spiro atoms. The molecule has 0 aromatic heterocycles.